The Labute approximate surface area is 121 Å². The van der Waals surface area contributed by atoms with Crippen molar-refractivity contribution in [3.63, 3.8) is 0 Å². The molecule has 3 nitrogen and oxygen atoms in total. The summed E-state index contributed by atoms with van der Waals surface area (Å²) in [5, 5.41) is 3.11. The van der Waals surface area contributed by atoms with Crippen LogP contribution in [0.2, 0.25) is 0 Å². The fourth-order valence-electron chi connectivity index (χ4n) is 2.62. The van der Waals surface area contributed by atoms with E-state index in [0.717, 1.165) is 25.5 Å². The highest BCUT2D eigenvalue weighted by atomic mass is 19.4. The van der Waals surface area contributed by atoms with Gasteiger partial charge >= 0.3 is 12.1 Å². The van der Waals surface area contributed by atoms with Crippen molar-refractivity contribution in [2.75, 3.05) is 19.7 Å². The lowest BCUT2D eigenvalue weighted by Crippen LogP contribution is -2.29. The molecule has 0 bridgehead atoms. The Morgan fingerprint density at radius 3 is 2.76 bits per heavy atom. The number of hydrogen-bond acceptors (Lipinski definition) is 3. The van der Waals surface area contributed by atoms with Crippen molar-refractivity contribution >= 4 is 5.97 Å². The number of carbonyl (C=O) groups is 1. The Kier molecular flexibility index (Phi) is 4.88. The van der Waals surface area contributed by atoms with Crippen molar-refractivity contribution < 1.29 is 22.7 Å². The lowest BCUT2D eigenvalue weighted by Gasteiger charge is -2.26. The first-order valence-electron chi connectivity index (χ1n) is 7.02. The maximum atomic E-state index is 13.3. The van der Waals surface area contributed by atoms with Crippen LogP contribution in [0.25, 0.3) is 0 Å². The number of nitrogens with one attached hydrogen (secondary N) is 1. The molecule has 0 aromatic heterocycles. The summed E-state index contributed by atoms with van der Waals surface area (Å²) in [5.74, 6) is -0.900. The van der Waals surface area contributed by atoms with E-state index in [4.69, 9.17) is 4.74 Å². The second-order valence-corrected chi connectivity index (χ2v) is 5.06. The van der Waals surface area contributed by atoms with E-state index < -0.39 is 17.7 Å². The van der Waals surface area contributed by atoms with Crippen molar-refractivity contribution in [3.05, 3.63) is 34.9 Å². The maximum Gasteiger partial charge on any atom is 0.416 e. The number of halogens is 3. The zero-order chi connectivity index (χ0) is 15.5. The van der Waals surface area contributed by atoms with Gasteiger partial charge in [0.15, 0.2) is 0 Å². The van der Waals surface area contributed by atoms with Gasteiger partial charge in [0.2, 0.25) is 0 Å². The Balaban J connectivity index is 2.38. The summed E-state index contributed by atoms with van der Waals surface area (Å²) < 4.78 is 44.5. The number of ether oxygens (including phenoxy) is 1. The van der Waals surface area contributed by atoms with E-state index in [1.54, 1.807) is 6.92 Å². The highest BCUT2D eigenvalue weighted by molar-refractivity contribution is 5.89. The van der Waals surface area contributed by atoms with Crippen molar-refractivity contribution in [3.8, 4) is 0 Å². The van der Waals surface area contributed by atoms with Gasteiger partial charge < -0.3 is 10.1 Å². The summed E-state index contributed by atoms with van der Waals surface area (Å²) >= 11 is 0. The fourth-order valence-corrected chi connectivity index (χ4v) is 2.62. The lowest BCUT2D eigenvalue weighted by atomic mass is 9.87. The summed E-state index contributed by atoms with van der Waals surface area (Å²) in [4.78, 5) is 11.6. The molecule has 0 unspecified atom stereocenters. The zero-order valence-electron chi connectivity index (χ0n) is 11.8. The van der Waals surface area contributed by atoms with Crippen LogP contribution >= 0.6 is 0 Å². The van der Waals surface area contributed by atoms with Crippen molar-refractivity contribution in [1.29, 1.82) is 0 Å². The summed E-state index contributed by atoms with van der Waals surface area (Å²) in [6, 6.07) is 3.73. The summed E-state index contributed by atoms with van der Waals surface area (Å²) in [7, 11) is 0. The molecule has 21 heavy (non-hydrogen) atoms. The van der Waals surface area contributed by atoms with Gasteiger partial charge in [0.1, 0.15) is 0 Å². The summed E-state index contributed by atoms with van der Waals surface area (Å²) in [5.41, 5.74) is -0.541. The zero-order valence-corrected chi connectivity index (χ0v) is 11.8. The van der Waals surface area contributed by atoms with Crippen LogP contribution in [-0.2, 0) is 10.9 Å². The Morgan fingerprint density at radius 1 is 1.43 bits per heavy atom. The Morgan fingerprint density at radius 2 is 2.19 bits per heavy atom. The molecule has 1 atom stereocenters. The molecule has 1 saturated heterocycles. The van der Waals surface area contributed by atoms with Crippen LogP contribution in [0.1, 0.15) is 47.2 Å². The normalized spacial score (nSPS) is 19.3. The highest BCUT2D eigenvalue weighted by Crippen LogP contribution is 2.37. The minimum Gasteiger partial charge on any atom is -0.462 e. The van der Waals surface area contributed by atoms with Gasteiger partial charge in [-0.05, 0) is 49.9 Å². The first-order chi connectivity index (χ1) is 9.93. The number of hydrogen-bond donors (Lipinski definition) is 1. The van der Waals surface area contributed by atoms with Gasteiger partial charge in [0, 0.05) is 6.54 Å². The molecule has 1 fully saturated rings. The number of alkyl halides is 3. The molecule has 1 aliphatic heterocycles. The molecule has 0 aliphatic carbocycles. The molecular weight excluding hydrogens is 283 g/mol. The third-order valence-electron chi connectivity index (χ3n) is 3.61. The van der Waals surface area contributed by atoms with Gasteiger partial charge in [-0.1, -0.05) is 6.07 Å². The fraction of sp³-hybridized carbons (Fsp3) is 0.533. The second kappa shape index (κ2) is 6.47. The SMILES string of the molecule is CCOC(=O)c1ccc([C@H]2CCCNC2)c(C(F)(F)F)c1. The van der Waals surface area contributed by atoms with Crippen LogP contribution in [0.15, 0.2) is 18.2 Å². The first-order valence-corrected chi connectivity index (χ1v) is 7.02. The van der Waals surface area contributed by atoms with Gasteiger partial charge in [-0.3, -0.25) is 0 Å². The standard InChI is InChI=1S/C15H18F3NO2/c1-2-21-14(20)10-5-6-12(11-4-3-7-19-9-11)13(8-10)15(16,17)18/h5-6,8,11,19H,2-4,7,9H2,1H3/t11-/m0/s1. The van der Waals surface area contributed by atoms with E-state index in [0.29, 0.717) is 6.54 Å². The number of piperidine rings is 1. The minimum atomic E-state index is -4.48. The van der Waals surface area contributed by atoms with Crippen molar-refractivity contribution in [2.24, 2.45) is 0 Å². The molecule has 1 heterocycles. The third kappa shape index (κ3) is 3.75. The van der Waals surface area contributed by atoms with Crippen LogP contribution in [0.5, 0.6) is 0 Å². The van der Waals surface area contributed by atoms with E-state index in [1.165, 1.54) is 12.1 Å². The molecule has 0 amide bonds. The first kappa shape index (κ1) is 15.8. The molecule has 1 aromatic rings. The Bertz CT molecular complexity index is 508. The molecule has 1 aliphatic rings. The quantitative estimate of drug-likeness (QED) is 0.870. The van der Waals surface area contributed by atoms with Gasteiger partial charge in [-0.25, -0.2) is 4.79 Å². The summed E-state index contributed by atoms with van der Waals surface area (Å²) in [6.45, 7) is 3.11. The predicted octanol–water partition coefficient (Wildman–Crippen LogP) is 3.35. The number of carbonyl (C=O) groups excluding carboxylic acids is 1. The van der Waals surface area contributed by atoms with E-state index in [2.05, 4.69) is 5.32 Å². The van der Waals surface area contributed by atoms with Crippen molar-refractivity contribution in [2.45, 2.75) is 31.9 Å². The van der Waals surface area contributed by atoms with E-state index in [-0.39, 0.29) is 23.7 Å². The Hall–Kier alpha value is -1.56. The molecule has 0 radical (unpaired) electrons. The molecular formula is C15H18F3NO2. The molecule has 2 rings (SSSR count). The van der Waals surface area contributed by atoms with E-state index in [1.807, 2.05) is 0 Å². The topological polar surface area (TPSA) is 38.3 Å². The monoisotopic (exact) mass is 301 g/mol. The average molecular weight is 301 g/mol. The van der Waals surface area contributed by atoms with Gasteiger partial charge in [0.25, 0.3) is 0 Å². The minimum absolute atomic E-state index is 0.0586. The molecule has 1 aromatic carbocycles. The average Bonchev–Trinajstić information content (AvgIpc) is 2.47. The molecule has 0 spiro atoms. The van der Waals surface area contributed by atoms with Gasteiger partial charge in [-0.15, -0.1) is 0 Å². The van der Waals surface area contributed by atoms with Gasteiger partial charge in [-0.2, -0.15) is 13.2 Å². The lowest BCUT2D eigenvalue weighted by molar-refractivity contribution is -0.138. The van der Waals surface area contributed by atoms with Crippen LogP contribution in [0, 0.1) is 0 Å². The summed E-state index contributed by atoms with van der Waals surface area (Å²) in [6.07, 6.45) is -2.91. The highest BCUT2D eigenvalue weighted by Gasteiger charge is 2.36. The molecule has 1 N–H and O–H groups in total. The van der Waals surface area contributed by atoms with E-state index in [9.17, 15) is 18.0 Å². The van der Waals surface area contributed by atoms with Crippen LogP contribution in [0.3, 0.4) is 0 Å². The van der Waals surface area contributed by atoms with Crippen molar-refractivity contribution in [1.82, 2.24) is 5.32 Å². The number of rotatable bonds is 3. The van der Waals surface area contributed by atoms with Crippen LogP contribution in [0.4, 0.5) is 13.2 Å². The molecule has 116 valence electrons. The second-order valence-electron chi connectivity index (χ2n) is 5.06. The predicted molar refractivity (Wildman–Crippen MR) is 72.2 cm³/mol. The van der Waals surface area contributed by atoms with E-state index >= 15 is 0 Å². The van der Waals surface area contributed by atoms with Crippen LogP contribution in [-0.4, -0.2) is 25.7 Å². The molecule has 0 saturated carbocycles. The largest absolute Gasteiger partial charge is 0.462 e. The third-order valence-corrected chi connectivity index (χ3v) is 3.61. The maximum absolute atomic E-state index is 13.3. The number of esters is 1. The van der Waals surface area contributed by atoms with Crippen LogP contribution < -0.4 is 5.32 Å². The molecule has 6 heteroatoms. The van der Waals surface area contributed by atoms with Gasteiger partial charge in [0.05, 0.1) is 17.7 Å². The smallest absolute Gasteiger partial charge is 0.416 e. The number of benzene rings is 1.